The first-order valence-corrected chi connectivity index (χ1v) is 9.59. The molecule has 3 heteroatoms. The number of benzene rings is 1. The highest BCUT2D eigenvalue weighted by Gasteiger charge is 2.29. The van der Waals surface area contributed by atoms with Crippen LogP contribution in [0.4, 0.5) is 0 Å². The van der Waals surface area contributed by atoms with E-state index in [4.69, 9.17) is 0 Å². The summed E-state index contributed by atoms with van der Waals surface area (Å²) in [5.74, 6) is 0. The molecule has 0 radical (unpaired) electrons. The lowest BCUT2D eigenvalue weighted by molar-refractivity contribution is 0.505. The summed E-state index contributed by atoms with van der Waals surface area (Å²) >= 11 is 9.23. The van der Waals surface area contributed by atoms with Gasteiger partial charge in [0.05, 0.1) is 0 Å². The van der Waals surface area contributed by atoms with Gasteiger partial charge < -0.3 is 0 Å². The monoisotopic (exact) mass is 400 g/mol. The number of thiophene rings is 1. The molecule has 0 fully saturated rings. The van der Waals surface area contributed by atoms with Gasteiger partial charge in [-0.15, -0.1) is 0 Å². The molecule has 0 N–H and O–H groups in total. The summed E-state index contributed by atoms with van der Waals surface area (Å²) in [7, 11) is 0. The summed E-state index contributed by atoms with van der Waals surface area (Å²) in [6, 6.07) is 11.2. The van der Waals surface area contributed by atoms with E-state index in [2.05, 4.69) is 79.9 Å². The Labute approximate surface area is 136 Å². The van der Waals surface area contributed by atoms with E-state index in [1.165, 1.54) is 16.7 Å². The maximum Gasteiger partial charge on any atom is 0.0150 e. The van der Waals surface area contributed by atoms with Crippen LogP contribution >= 0.6 is 43.2 Å². The summed E-state index contributed by atoms with van der Waals surface area (Å²) in [6.07, 6.45) is 2.29. The molecule has 0 aliphatic rings. The molecule has 0 saturated heterocycles. The minimum atomic E-state index is 0.176. The lowest BCUT2D eigenvalue weighted by Crippen LogP contribution is -2.30. The van der Waals surface area contributed by atoms with Gasteiger partial charge in [0.25, 0.3) is 0 Å². The van der Waals surface area contributed by atoms with Crippen LogP contribution < -0.4 is 0 Å². The lowest BCUT2D eigenvalue weighted by Gasteiger charge is -2.31. The SMILES string of the molecule is Cc1ccc(C(CBr)(CBr)CCc2ccsc2)cc1. The molecule has 1 aromatic carbocycles. The second-order valence-electron chi connectivity index (χ2n) is 5.05. The third-order valence-corrected chi connectivity index (χ3v) is 6.53. The number of hydrogen-bond acceptors (Lipinski definition) is 1. The minimum absolute atomic E-state index is 0.176. The standard InChI is InChI=1S/C16H18Br2S/c1-13-2-4-15(5-3-13)16(11-17,12-18)8-6-14-7-9-19-10-14/h2-5,7,9-10H,6,8,11-12H2,1H3. The maximum atomic E-state index is 3.73. The Hall–Kier alpha value is -0.120. The van der Waals surface area contributed by atoms with Crippen LogP contribution in [0.2, 0.25) is 0 Å². The molecular weight excluding hydrogens is 384 g/mol. The average Bonchev–Trinajstić information content (AvgIpc) is 2.95. The van der Waals surface area contributed by atoms with Crippen LogP contribution in [0.3, 0.4) is 0 Å². The number of hydrogen-bond donors (Lipinski definition) is 0. The smallest absolute Gasteiger partial charge is 0.0150 e. The predicted molar refractivity (Wildman–Crippen MR) is 93.1 cm³/mol. The van der Waals surface area contributed by atoms with E-state index in [1.54, 1.807) is 11.3 Å². The van der Waals surface area contributed by atoms with Gasteiger partial charge in [-0.05, 0) is 47.7 Å². The summed E-state index contributed by atoms with van der Waals surface area (Å²) in [5, 5.41) is 6.38. The van der Waals surface area contributed by atoms with Crippen LogP contribution in [-0.2, 0) is 11.8 Å². The normalized spacial score (nSPS) is 11.7. The first-order chi connectivity index (χ1) is 9.20. The molecule has 19 heavy (non-hydrogen) atoms. The van der Waals surface area contributed by atoms with E-state index >= 15 is 0 Å². The van der Waals surface area contributed by atoms with Crippen molar-refractivity contribution >= 4 is 43.2 Å². The van der Waals surface area contributed by atoms with Crippen molar-refractivity contribution in [1.29, 1.82) is 0 Å². The van der Waals surface area contributed by atoms with Gasteiger partial charge in [0.15, 0.2) is 0 Å². The Balaban J connectivity index is 2.19. The molecular formula is C16H18Br2S. The fourth-order valence-corrected chi connectivity index (χ4v) is 5.03. The van der Waals surface area contributed by atoms with Crippen molar-refractivity contribution < 1.29 is 0 Å². The summed E-state index contributed by atoms with van der Waals surface area (Å²) in [6.45, 7) is 2.14. The Morgan fingerprint density at radius 1 is 1.05 bits per heavy atom. The molecule has 0 amide bonds. The largest absolute Gasteiger partial charge is 0.152 e. The Kier molecular flexibility index (Phi) is 5.67. The Morgan fingerprint density at radius 3 is 2.26 bits per heavy atom. The van der Waals surface area contributed by atoms with E-state index in [0.29, 0.717) is 0 Å². The van der Waals surface area contributed by atoms with Crippen molar-refractivity contribution in [3.63, 3.8) is 0 Å². The number of alkyl halides is 2. The van der Waals surface area contributed by atoms with Gasteiger partial charge in [0.2, 0.25) is 0 Å². The van der Waals surface area contributed by atoms with Crippen LogP contribution in [0.25, 0.3) is 0 Å². The van der Waals surface area contributed by atoms with Crippen molar-refractivity contribution in [2.45, 2.75) is 25.2 Å². The van der Waals surface area contributed by atoms with Crippen LogP contribution in [0.1, 0.15) is 23.1 Å². The average molecular weight is 402 g/mol. The van der Waals surface area contributed by atoms with Gasteiger partial charge in [-0.25, -0.2) is 0 Å². The van der Waals surface area contributed by atoms with E-state index < -0.39 is 0 Å². The van der Waals surface area contributed by atoms with Crippen molar-refractivity contribution in [3.8, 4) is 0 Å². The molecule has 0 unspecified atom stereocenters. The van der Waals surface area contributed by atoms with E-state index in [-0.39, 0.29) is 5.41 Å². The summed E-state index contributed by atoms with van der Waals surface area (Å²) in [4.78, 5) is 0. The molecule has 0 aliphatic carbocycles. The van der Waals surface area contributed by atoms with E-state index in [0.717, 1.165) is 23.5 Å². The third kappa shape index (κ3) is 3.71. The summed E-state index contributed by atoms with van der Waals surface area (Å²) in [5.41, 5.74) is 4.36. The van der Waals surface area contributed by atoms with Crippen molar-refractivity contribution in [2.24, 2.45) is 0 Å². The minimum Gasteiger partial charge on any atom is -0.152 e. The lowest BCUT2D eigenvalue weighted by atomic mass is 9.79. The van der Waals surface area contributed by atoms with Gasteiger partial charge in [0.1, 0.15) is 0 Å². The van der Waals surface area contributed by atoms with Crippen molar-refractivity contribution in [1.82, 2.24) is 0 Å². The van der Waals surface area contributed by atoms with Crippen LogP contribution in [0, 0.1) is 6.92 Å². The topological polar surface area (TPSA) is 0 Å². The Morgan fingerprint density at radius 2 is 1.74 bits per heavy atom. The highest BCUT2D eigenvalue weighted by atomic mass is 79.9. The molecule has 0 spiro atoms. The third-order valence-electron chi connectivity index (χ3n) is 3.65. The van der Waals surface area contributed by atoms with Gasteiger partial charge in [0, 0.05) is 16.1 Å². The molecule has 102 valence electrons. The van der Waals surface area contributed by atoms with E-state index in [9.17, 15) is 0 Å². The maximum absolute atomic E-state index is 3.73. The molecule has 1 aromatic heterocycles. The fourth-order valence-electron chi connectivity index (χ4n) is 2.19. The van der Waals surface area contributed by atoms with Crippen molar-refractivity contribution in [3.05, 3.63) is 57.8 Å². The fraction of sp³-hybridized carbons (Fsp3) is 0.375. The van der Waals surface area contributed by atoms with Gasteiger partial charge in [-0.3, -0.25) is 0 Å². The van der Waals surface area contributed by atoms with Gasteiger partial charge in [-0.1, -0.05) is 61.7 Å². The van der Waals surface area contributed by atoms with Crippen molar-refractivity contribution in [2.75, 3.05) is 10.7 Å². The van der Waals surface area contributed by atoms with E-state index in [1.807, 2.05) is 0 Å². The first-order valence-electron chi connectivity index (χ1n) is 6.40. The molecule has 1 heterocycles. The highest BCUT2D eigenvalue weighted by molar-refractivity contribution is 9.09. The summed E-state index contributed by atoms with van der Waals surface area (Å²) < 4.78 is 0. The molecule has 0 aliphatic heterocycles. The molecule has 0 nitrogen and oxygen atoms in total. The molecule has 0 bridgehead atoms. The zero-order valence-corrected chi connectivity index (χ0v) is 15.0. The molecule has 2 rings (SSSR count). The number of rotatable bonds is 6. The second kappa shape index (κ2) is 7.05. The quantitative estimate of drug-likeness (QED) is 0.543. The van der Waals surface area contributed by atoms with Crippen LogP contribution in [-0.4, -0.2) is 10.7 Å². The molecule has 0 atom stereocenters. The van der Waals surface area contributed by atoms with Gasteiger partial charge >= 0.3 is 0 Å². The highest BCUT2D eigenvalue weighted by Crippen LogP contribution is 2.34. The second-order valence-corrected chi connectivity index (χ2v) is 6.95. The zero-order chi connectivity index (χ0) is 13.7. The zero-order valence-electron chi connectivity index (χ0n) is 11.0. The van der Waals surface area contributed by atoms with Gasteiger partial charge in [-0.2, -0.15) is 11.3 Å². The number of aryl methyl sites for hydroxylation is 2. The number of halogens is 2. The van der Waals surface area contributed by atoms with Crippen LogP contribution in [0.15, 0.2) is 41.1 Å². The predicted octanol–water partition coefficient (Wildman–Crippen LogP) is 5.72. The molecule has 0 saturated carbocycles. The Bertz CT molecular complexity index is 484. The van der Waals surface area contributed by atoms with Crippen LogP contribution in [0.5, 0.6) is 0 Å². The molecule has 2 aromatic rings. The first kappa shape index (κ1) is 15.3.